The number of ether oxygens (including phenoxy) is 1. The first-order chi connectivity index (χ1) is 20.4. The Labute approximate surface area is 247 Å². The number of nitrogens with zero attached hydrogens (tertiary/aromatic N) is 5. The lowest BCUT2D eigenvalue weighted by molar-refractivity contribution is -0.117. The topological polar surface area (TPSA) is 145 Å². The number of hydrogen-bond donors (Lipinski definition) is 3. The zero-order chi connectivity index (χ0) is 30.1. The number of thiazole rings is 1. The highest BCUT2D eigenvalue weighted by atomic mass is 32.1. The van der Waals surface area contributed by atoms with Crippen LogP contribution in [0.2, 0.25) is 0 Å². The molecule has 0 radical (unpaired) electrons. The van der Waals surface area contributed by atoms with Gasteiger partial charge in [-0.3, -0.25) is 23.9 Å². The van der Waals surface area contributed by atoms with E-state index in [1.165, 1.54) is 10.8 Å². The minimum Gasteiger partial charge on any atom is -0.497 e. The number of hydrogen-bond acceptors (Lipinski definition) is 10. The highest BCUT2D eigenvalue weighted by molar-refractivity contribution is 7.07. The monoisotopic (exact) mass is 590 g/mol. The molecule has 3 heterocycles. The molecule has 1 saturated heterocycles. The van der Waals surface area contributed by atoms with Crippen molar-refractivity contribution in [2.75, 3.05) is 61.9 Å². The van der Waals surface area contributed by atoms with Crippen LogP contribution in [0.15, 0.2) is 47.3 Å². The SMILES string of the molecule is CCNC(=O)C(C#N)=c1sc(=CNc2cccc(NC(=O)CN3CCN(c4ccc(OC)cc4)CC3)n2)c(=O)n1CC. The molecule has 0 spiro atoms. The summed E-state index contributed by atoms with van der Waals surface area (Å²) >= 11 is 1.05. The van der Waals surface area contributed by atoms with Crippen LogP contribution in [0.25, 0.3) is 11.8 Å². The van der Waals surface area contributed by atoms with E-state index >= 15 is 0 Å². The van der Waals surface area contributed by atoms with Gasteiger partial charge in [0.1, 0.15) is 32.6 Å². The van der Waals surface area contributed by atoms with Crippen LogP contribution in [-0.2, 0) is 16.1 Å². The lowest BCUT2D eigenvalue weighted by atomic mass is 10.2. The predicted octanol–water partition coefficient (Wildman–Crippen LogP) is 0.754. The smallest absolute Gasteiger partial charge is 0.270 e. The second-order valence-corrected chi connectivity index (χ2v) is 10.4. The highest BCUT2D eigenvalue weighted by Gasteiger charge is 2.20. The van der Waals surface area contributed by atoms with Gasteiger partial charge < -0.3 is 25.6 Å². The number of benzene rings is 1. The Morgan fingerprint density at radius 1 is 1.10 bits per heavy atom. The molecular weight excluding hydrogens is 556 g/mol. The molecule has 1 aliphatic rings. The van der Waals surface area contributed by atoms with Crippen LogP contribution in [0.1, 0.15) is 13.8 Å². The Balaban J connectivity index is 1.38. The number of amides is 2. The van der Waals surface area contributed by atoms with Gasteiger partial charge in [0, 0.05) is 51.2 Å². The van der Waals surface area contributed by atoms with Crippen molar-refractivity contribution in [2.45, 2.75) is 20.4 Å². The predicted molar refractivity (Wildman–Crippen MR) is 164 cm³/mol. The average molecular weight is 591 g/mol. The van der Waals surface area contributed by atoms with Crippen LogP contribution in [0.3, 0.4) is 0 Å². The summed E-state index contributed by atoms with van der Waals surface area (Å²) in [4.78, 5) is 46.8. The molecule has 2 aromatic heterocycles. The number of rotatable bonds is 10. The number of piperazine rings is 1. The quantitative estimate of drug-likeness (QED) is 0.312. The van der Waals surface area contributed by atoms with E-state index in [0.717, 1.165) is 49.0 Å². The second-order valence-electron chi connectivity index (χ2n) is 9.37. The molecule has 13 heteroatoms. The number of pyridine rings is 1. The highest BCUT2D eigenvalue weighted by Crippen LogP contribution is 2.20. The van der Waals surface area contributed by atoms with Crippen molar-refractivity contribution >= 4 is 52.2 Å². The van der Waals surface area contributed by atoms with Gasteiger partial charge in [0.25, 0.3) is 11.5 Å². The molecule has 1 fully saturated rings. The minimum atomic E-state index is -0.521. The van der Waals surface area contributed by atoms with Crippen molar-refractivity contribution < 1.29 is 14.3 Å². The number of anilines is 3. The summed E-state index contributed by atoms with van der Waals surface area (Å²) in [5.74, 6) is 0.935. The Bertz CT molecular complexity index is 1630. The summed E-state index contributed by atoms with van der Waals surface area (Å²) in [6.45, 7) is 7.59. The van der Waals surface area contributed by atoms with Gasteiger partial charge in [0.15, 0.2) is 5.57 Å². The third-order valence-electron chi connectivity index (χ3n) is 6.66. The summed E-state index contributed by atoms with van der Waals surface area (Å²) < 4.78 is 7.23. The number of methoxy groups -OCH3 is 1. The molecule has 220 valence electrons. The minimum absolute atomic E-state index is 0.106. The summed E-state index contributed by atoms with van der Waals surface area (Å²) in [5.41, 5.74) is 0.701. The van der Waals surface area contributed by atoms with Crippen molar-refractivity contribution in [1.82, 2.24) is 19.8 Å². The fourth-order valence-electron chi connectivity index (χ4n) is 4.50. The molecular formula is C29H34N8O4S. The molecule has 42 heavy (non-hydrogen) atoms. The van der Waals surface area contributed by atoms with Crippen molar-refractivity contribution in [1.29, 1.82) is 5.26 Å². The lowest BCUT2D eigenvalue weighted by Crippen LogP contribution is -2.48. The molecule has 12 nitrogen and oxygen atoms in total. The number of carbonyl (C=O) groups excluding carboxylic acids is 2. The van der Waals surface area contributed by atoms with Crippen LogP contribution in [-0.4, -0.2) is 72.6 Å². The Kier molecular flexibility index (Phi) is 10.3. The first-order valence-corrected chi connectivity index (χ1v) is 14.5. The molecule has 3 N–H and O–H groups in total. The van der Waals surface area contributed by atoms with Crippen LogP contribution in [0.5, 0.6) is 5.75 Å². The molecule has 0 bridgehead atoms. The number of aromatic nitrogens is 2. The maximum absolute atomic E-state index is 12.9. The molecule has 0 atom stereocenters. The Hall–Kier alpha value is -4.67. The first-order valence-electron chi connectivity index (χ1n) is 13.6. The Morgan fingerprint density at radius 3 is 2.45 bits per heavy atom. The maximum atomic E-state index is 12.9. The molecule has 1 aromatic carbocycles. The largest absolute Gasteiger partial charge is 0.497 e. The van der Waals surface area contributed by atoms with E-state index in [4.69, 9.17) is 4.74 Å². The van der Waals surface area contributed by atoms with Crippen LogP contribution in [0, 0.1) is 11.3 Å². The number of carbonyl (C=O) groups is 2. The lowest BCUT2D eigenvalue weighted by Gasteiger charge is -2.35. The molecule has 2 amide bonds. The normalized spacial score (nSPS) is 14.6. The molecule has 3 aromatic rings. The summed E-state index contributed by atoms with van der Waals surface area (Å²) in [5, 5.41) is 18.0. The fraction of sp³-hybridized carbons (Fsp3) is 0.345. The zero-order valence-electron chi connectivity index (χ0n) is 23.8. The fourth-order valence-corrected chi connectivity index (χ4v) is 5.59. The molecule has 0 aliphatic carbocycles. The van der Waals surface area contributed by atoms with E-state index in [1.54, 1.807) is 39.2 Å². The molecule has 4 rings (SSSR count). The van der Waals surface area contributed by atoms with Gasteiger partial charge in [-0.2, -0.15) is 5.26 Å². The van der Waals surface area contributed by atoms with E-state index in [2.05, 4.69) is 30.7 Å². The van der Waals surface area contributed by atoms with Crippen LogP contribution in [0.4, 0.5) is 17.3 Å². The van der Waals surface area contributed by atoms with E-state index in [9.17, 15) is 19.6 Å². The first kappa shape index (κ1) is 30.3. The van der Waals surface area contributed by atoms with Gasteiger partial charge >= 0.3 is 0 Å². The second kappa shape index (κ2) is 14.3. The van der Waals surface area contributed by atoms with Crippen LogP contribution < -0.4 is 40.3 Å². The van der Waals surface area contributed by atoms with E-state index in [0.29, 0.717) is 33.9 Å². The number of nitriles is 1. The molecule has 0 saturated carbocycles. The summed E-state index contributed by atoms with van der Waals surface area (Å²) in [6.07, 6.45) is 1.49. The maximum Gasteiger partial charge on any atom is 0.270 e. The van der Waals surface area contributed by atoms with Crippen molar-refractivity contribution in [3.05, 3.63) is 62.0 Å². The average Bonchev–Trinajstić information content (AvgIpc) is 3.31. The number of nitrogens with one attached hydrogen (secondary N) is 3. The third-order valence-corrected chi connectivity index (χ3v) is 7.79. The molecule has 1 aliphatic heterocycles. The van der Waals surface area contributed by atoms with Crippen molar-refractivity contribution in [2.24, 2.45) is 0 Å². The van der Waals surface area contributed by atoms with Gasteiger partial charge in [-0.1, -0.05) is 6.07 Å². The third kappa shape index (κ3) is 7.34. The van der Waals surface area contributed by atoms with Gasteiger partial charge in [0.2, 0.25) is 5.91 Å². The van der Waals surface area contributed by atoms with Gasteiger partial charge in [-0.25, -0.2) is 4.98 Å². The standard InChI is InChI=1S/C29H34N8O4S/c1-4-31-27(39)22(17-30)29-37(5-2)28(40)23(42-29)18-32-24-7-6-8-25(33-24)34-26(38)19-35-13-15-36(16-14-35)20-9-11-21(41-3)12-10-20/h6-12,18H,4-5,13-16,19H2,1-3H3,(H,31,39)(H2,32,33,34,38). The van der Waals surface area contributed by atoms with Crippen molar-refractivity contribution in [3.8, 4) is 11.8 Å². The Morgan fingerprint density at radius 2 is 1.81 bits per heavy atom. The zero-order valence-corrected chi connectivity index (χ0v) is 24.7. The molecule has 0 unspecified atom stereocenters. The van der Waals surface area contributed by atoms with Gasteiger partial charge in [0.05, 0.1) is 13.7 Å². The van der Waals surface area contributed by atoms with Crippen molar-refractivity contribution in [3.63, 3.8) is 0 Å². The van der Waals surface area contributed by atoms with Gasteiger partial charge in [-0.05, 0) is 50.2 Å². The van der Waals surface area contributed by atoms with E-state index in [-0.39, 0.29) is 23.6 Å². The summed E-state index contributed by atoms with van der Waals surface area (Å²) in [6, 6.07) is 15.0. The van der Waals surface area contributed by atoms with Gasteiger partial charge in [-0.15, -0.1) is 11.3 Å². The van der Waals surface area contributed by atoms with E-state index < -0.39 is 5.91 Å². The van der Waals surface area contributed by atoms with E-state index in [1.807, 2.05) is 30.3 Å². The summed E-state index contributed by atoms with van der Waals surface area (Å²) in [7, 11) is 1.65. The van der Waals surface area contributed by atoms with Crippen LogP contribution >= 0.6 is 11.3 Å².